The Hall–Kier alpha value is -1.22. The Morgan fingerprint density at radius 3 is 2.59 bits per heavy atom. The minimum Gasteiger partial charge on any atom is -0.493 e. The van der Waals surface area contributed by atoms with Crippen molar-refractivity contribution in [2.75, 3.05) is 46.6 Å². The average molecular weight is 491 g/mol. The Morgan fingerprint density at radius 1 is 1.22 bits per heavy atom. The Morgan fingerprint density at radius 2 is 2.00 bits per heavy atom. The molecule has 0 radical (unpaired) electrons. The monoisotopic (exact) mass is 491 g/mol. The van der Waals surface area contributed by atoms with Crippen molar-refractivity contribution in [1.82, 2.24) is 10.6 Å². The van der Waals surface area contributed by atoms with E-state index in [1.54, 1.807) is 7.11 Å². The number of methoxy groups -OCH3 is 1. The van der Waals surface area contributed by atoms with Gasteiger partial charge >= 0.3 is 0 Å². The standard InChI is InChI=1S/C20H33N3O3.HI/c1-5-21-19(23-13-20(3)14-25-15-20)22-11-7-8-16-9-10-17(24-4)18(12-16)26-6-2;/h9-10,12H,5-8,11,13-15H2,1-4H3,(H2,21,22,23);1H. The summed E-state index contributed by atoms with van der Waals surface area (Å²) in [5.41, 5.74) is 1.44. The third-order valence-electron chi connectivity index (χ3n) is 4.33. The molecule has 0 saturated carbocycles. The number of benzene rings is 1. The minimum atomic E-state index is 0. The molecule has 1 aromatic rings. The number of halogens is 1. The van der Waals surface area contributed by atoms with Crippen LogP contribution in [0.25, 0.3) is 0 Å². The maximum absolute atomic E-state index is 5.64. The van der Waals surface area contributed by atoms with Crippen LogP contribution in [0.15, 0.2) is 23.2 Å². The Labute approximate surface area is 180 Å². The van der Waals surface area contributed by atoms with Crippen molar-refractivity contribution in [1.29, 1.82) is 0 Å². The molecule has 2 rings (SSSR count). The molecule has 1 aliphatic rings. The van der Waals surface area contributed by atoms with Gasteiger partial charge in [0.05, 0.1) is 33.5 Å². The van der Waals surface area contributed by atoms with Crippen molar-refractivity contribution in [3.8, 4) is 11.5 Å². The van der Waals surface area contributed by atoms with Crippen LogP contribution < -0.4 is 20.1 Å². The van der Waals surface area contributed by atoms with E-state index in [-0.39, 0.29) is 29.4 Å². The van der Waals surface area contributed by atoms with E-state index in [2.05, 4.69) is 36.6 Å². The second-order valence-corrected chi connectivity index (χ2v) is 6.95. The predicted molar refractivity (Wildman–Crippen MR) is 121 cm³/mol. The molecule has 1 heterocycles. The number of nitrogens with one attached hydrogen (secondary N) is 2. The van der Waals surface area contributed by atoms with Crippen molar-refractivity contribution < 1.29 is 14.2 Å². The van der Waals surface area contributed by atoms with Crippen LogP contribution >= 0.6 is 24.0 Å². The van der Waals surface area contributed by atoms with Gasteiger partial charge in [-0.3, -0.25) is 4.99 Å². The zero-order valence-corrected chi connectivity index (χ0v) is 19.3. The van der Waals surface area contributed by atoms with Crippen LogP contribution in [-0.4, -0.2) is 52.5 Å². The first-order chi connectivity index (χ1) is 12.6. The van der Waals surface area contributed by atoms with Crippen molar-refractivity contribution in [3.05, 3.63) is 23.8 Å². The molecule has 0 spiro atoms. The third kappa shape index (κ3) is 7.73. The van der Waals surface area contributed by atoms with Gasteiger partial charge in [-0.1, -0.05) is 13.0 Å². The Kier molecular flexibility index (Phi) is 10.8. The maximum Gasteiger partial charge on any atom is 0.191 e. The van der Waals surface area contributed by atoms with Crippen molar-refractivity contribution in [3.63, 3.8) is 0 Å². The molecule has 0 aliphatic carbocycles. The van der Waals surface area contributed by atoms with Crippen LogP contribution in [0.4, 0.5) is 0 Å². The van der Waals surface area contributed by atoms with Crippen LogP contribution in [0, 0.1) is 5.41 Å². The quantitative estimate of drug-likeness (QED) is 0.228. The fourth-order valence-electron chi connectivity index (χ4n) is 2.80. The van der Waals surface area contributed by atoms with E-state index in [1.807, 2.05) is 13.0 Å². The van der Waals surface area contributed by atoms with Gasteiger partial charge in [0.1, 0.15) is 0 Å². The molecule has 0 unspecified atom stereocenters. The molecule has 6 nitrogen and oxygen atoms in total. The van der Waals surface area contributed by atoms with Gasteiger partial charge in [-0.25, -0.2) is 0 Å². The van der Waals surface area contributed by atoms with Gasteiger partial charge in [0.25, 0.3) is 0 Å². The molecule has 0 atom stereocenters. The number of guanidine groups is 1. The molecule has 1 aromatic carbocycles. The van der Waals surface area contributed by atoms with Crippen LogP contribution in [0.2, 0.25) is 0 Å². The first-order valence-corrected chi connectivity index (χ1v) is 9.50. The van der Waals surface area contributed by atoms with E-state index < -0.39 is 0 Å². The summed E-state index contributed by atoms with van der Waals surface area (Å²) in [6.07, 6.45) is 1.99. The highest BCUT2D eigenvalue weighted by Gasteiger charge is 2.33. The number of aryl methyl sites for hydroxylation is 1. The molecule has 0 amide bonds. The van der Waals surface area contributed by atoms with E-state index in [9.17, 15) is 0 Å². The Bertz CT molecular complexity index is 592. The van der Waals surface area contributed by atoms with Crippen LogP contribution in [0.3, 0.4) is 0 Å². The van der Waals surface area contributed by atoms with Gasteiger partial charge in [0, 0.05) is 18.5 Å². The number of nitrogens with zero attached hydrogens (tertiary/aromatic N) is 1. The molecule has 1 fully saturated rings. The molecule has 154 valence electrons. The van der Waals surface area contributed by atoms with Gasteiger partial charge in [-0.2, -0.15) is 0 Å². The number of hydrogen-bond donors (Lipinski definition) is 2. The zero-order valence-electron chi connectivity index (χ0n) is 17.0. The summed E-state index contributed by atoms with van der Waals surface area (Å²) < 4.78 is 16.3. The minimum absolute atomic E-state index is 0. The van der Waals surface area contributed by atoms with E-state index in [0.717, 1.165) is 63.1 Å². The lowest BCUT2D eigenvalue weighted by Gasteiger charge is -2.36. The lowest BCUT2D eigenvalue weighted by Crippen LogP contribution is -2.44. The maximum atomic E-state index is 5.64. The van der Waals surface area contributed by atoms with E-state index in [1.165, 1.54) is 5.56 Å². The second-order valence-electron chi connectivity index (χ2n) is 6.95. The lowest BCUT2D eigenvalue weighted by atomic mass is 9.89. The van der Waals surface area contributed by atoms with Crippen molar-refractivity contribution in [2.24, 2.45) is 10.4 Å². The average Bonchev–Trinajstić information content (AvgIpc) is 2.62. The largest absolute Gasteiger partial charge is 0.493 e. The third-order valence-corrected chi connectivity index (χ3v) is 4.33. The van der Waals surface area contributed by atoms with Gasteiger partial charge in [-0.15, -0.1) is 24.0 Å². The molecule has 0 aromatic heterocycles. The van der Waals surface area contributed by atoms with E-state index >= 15 is 0 Å². The molecule has 2 N–H and O–H groups in total. The first-order valence-electron chi connectivity index (χ1n) is 9.50. The van der Waals surface area contributed by atoms with E-state index in [0.29, 0.717) is 6.61 Å². The van der Waals surface area contributed by atoms with Gasteiger partial charge in [0.2, 0.25) is 0 Å². The molecular weight excluding hydrogens is 457 g/mol. The molecule has 7 heteroatoms. The highest BCUT2D eigenvalue weighted by Crippen LogP contribution is 2.28. The number of rotatable bonds is 10. The predicted octanol–water partition coefficient (Wildman–Crippen LogP) is 3.24. The lowest BCUT2D eigenvalue weighted by molar-refractivity contribution is -0.0945. The van der Waals surface area contributed by atoms with Gasteiger partial charge in [0.15, 0.2) is 17.5 Å². The fraction of sp³-hybridized carbons (Fsp3) is 0.650. The van der Waals surface area contributed by atoms with Crippen molar-refractivity contribution >= 4 is 29.9 Å². The summed E-state index contributed by atoms with van der Waals surface area (Å²) in [6, 6.07) is 6.14. The Balaban J connectivity index is 0.00000364. The number of ether oxygens (including phenoxy) is 3. The highest BCUT2D eigenvalue weighted by atomic mass is 127. The molecule has 0 bridgehead atoms. The first kappa shape index (κ1) is 23.8. The topological polar surface area (TPSA) is 64.1 Å². The summed E-state index contributed by atoms with van der Waals surface area (Å²) in [5, 5.41) is 6.72. The number of aliphatic imine (C=N–C) groups is 1. The smallest absolute Gasteiger partial charge is 0.191 e. The van der Waals surface area contributed by atoms with Crippen LogP contribution in [-0.2, 0) is 11.2 Å². The highest BCUT2D eigenvalue weighted by molar-refractivity contribution is 14.0. The van der Waals surface area contributed by atoms with Gasteiger partial charge in [-0.05, 0) is 44.4 Å². The molecule has 1 aliphatic heterocycles. The SMILES string of the molecule is CCNC(=NCC1(C)COC1)NCCCc1ccc(OC)c(OCC)c1.I. The summed E-state index contributed by atoms with van der Waals surface area (Å²) >= 11 is 0. The van der Waals surface area contributed by atoms with Gasteiger partial charge < -0.3 is 24.8 Å². The normalized spacial score (nSPS) is 15.3. The zero-order chi connectivity index (χ0) is 18.8. The summed E-state index contributed by atoms with van der Waals surface area (Å²) in [7, 11) is 1.67. The molecule has 27 heavy (non-hydrogen) atoms. The number of hydrogen-bond acceptors (Lipinski definition) is 4. The summed E-state index contributed by atoms with van der Waals surface area (Å²) in [5.74, 6) is 2.47. The fourth-order valence-corrected chi connectivity index (χ4v) is 2.80. The summed E-state index contributed by atoms with van der Waals surface area (Å²) in [6.45, 7) is 11.0. The summed E-state index contributed by atoms with van der Waals surface area (Å²) in [4.78, 5) is 4.69. The van der Waals surface area contributed by atoms with Crippen LogP contribution in [0.5, 0.6) is 11.5 Å². The molecule has 1 saturated heterocycles. The molecular formula is C20H34IN3O3. The second kappa shape index (κ2) is 12.3. The van der Waals surface area contributed by atoms with Crippen molar-refractivity contribution in [2.45, 2.75) is 33.6 Å². The van der Waals surface area contributed by atoms with E-state index in [4.69, 9.17) is 19.2 Å². The van der Waals surface area contributed by atoms with Crippen LogP contribution in [0.1, 0.15) is 32.8 Å².